The molecule has 3 aromatic rings. The number of hydrogen-bond acceptors (Lipinski definition) is 8. The Bertz CT molecular complexity index is 1650. The summed E-state index contributed by atoms with van der Waals surface area (Å²) in [5, 5.41) is 4.61. The van der Waals surface area contributed by atoms with Gasteiger partial charge in [0.2, 0.25) is 0 Å². The summed E-state index contributed by atoms with van der Waals surface area (Å²) >= 11 is 0. The van der Waals surface area contributed by atoms with Crippen LogP contribution >= 0.6 is 0 Å². The molecule has 270 valence electrons. The van der Waals surface area contributed by atoms with E-state index in [0.717, 1.165) is 37.4 Å². The van der Waals surface area contributed by atoms with Gasteiger partial charge in [-0.2, -0.15) is 13.2 Å². The SMILES string of the molecule is COC(=O)N(C(=O)[C@@H](N)[C@H](c1ccc(F)cc1)c1ccc(F)c(F)c1)c1cccc(F)c1CC[C@@H]1CN[C@H](COC(=O)NCC(F)(F)F)CO1. The van der Waals surface area contributed by atoms with Gasteiger partial charge in [-0.3, -0.25) is 4.79 Å². The molecule has 0 radical (unpaired) electrons. The fourth-order valence-electron chi connectivity index (χ4n) is 5.34. The third-order valence-electron chi connectivity index (χ3n) is 7.82. The Kier molecular flexibility index (Phi) is 12.8. The normalized spacial score (nSPS) is 17.4. The minimum atomic E-state index is -4.60. The molecule has 0 bridgehead atoms. The van der Waals surface area contributed by atoms with Crippen molar-refractivity contribution in [2.24, 2.45) is 5.73 Å². The molecule has 0 unspecified atom stereocenters. The van der Waals surface area contributed by atoms with Gasteiger partial charge >= 0.3 is 18.4 Å². The second-order valence-corrected chi connectivity index (χ2v) is 11.3. The number of nitrogens with zero attached hydrogens (tertiary/aromatic N) is 1. The van der Waals surface area contributed by atoms with Crippen molar-refractivity contribution in [3.63, 3.8) is 0 Å². The number of hydrogen-bond donors (Lipinski definition) is 3. The van der Waals surface area contributed by atoms with Crippen LogP contribution in [0.3, 0.4) is 0 Å². The van der Waals surface area contributed by atoms with Crippen LogP contribution in [0.5, 0.6) is 0 Å². The first-order valence-electron chi connectivity index (χ1n) is 15.2. The summed E-state index contributed by atoms with van der Waals surface area (Å²) in [6.07, 6.45) is -7.52. The van der Waals surface area contributed by atoms with Gasteiger partial charge in [0, 0.05) is 18.0 Å². The lowest BCUT2D eigenvalue weighted by Gasteiger charge is -2.31. The quantitative estimate of drug-likeness (QED) is 0.235. The Morgan fingerprint density at radius 2 is 1.70 bits per heavy atom. The van der Waals surface area contributed by atoms with Gasteiger partial charge in [-0.05, 0) is 60.4 Å². The number of benzene rings is 3. The number of anilines is 1. The van der Waals surface area contributed by atoms with Crippen LogP contribution in [0.1, 0.15) is 29.0 Å². The maximum Gasteiger partial charge on any atom is 0.420 e. The Hall–Kier alpha value is -4.74. The molecular formula is C33H33F7N4O6. The molecule has 4 atom stereocenters. The van der Waals surface area contributed by atoms with Gasteiger partial charge in [-0.1, -0.05) is 24.3 Å². The van der Waals surface area contributed by atoms with Crippen LogP contribution in [-0.2, 0) is 25.4 Å². The van der Waals surface area contributed by atoms with Gasteiger partial charge in [0.05, 0.1) is 37.6 Å². The van der Waals surface area contributed by atoms with E-state index in [1.165, 1.54) is 30.3 Å². The van der Waals surface area contributed by atoms with Gasteiger partial charge in [0.15, 0.2) is 11.6 Å². The van der Waals surface area contributed by atoms with E-state index in [-0.39, 0.29) is 55.0 Å². The smallest absolute Gasteiger partial charge is 0.420 e. The number of morpholine rings is 1. The zero-order chi connectivity index (χ0) is 36.6. The van der Waals surface area contributed by atoms with Gasteiger partial charge in [0.25, 0.3) is 5.91 Å². The maximum atomic E-state index is 15.4. The van der Waals surface area contributed by atoms with Crippen LogP contribution in [-0.4, -0.2) is 75.9 Å². The number of amides is 3. The van der Waals surface area contributed by atoms with E-state index >= 15 is 4.39 Å². The van der Waals surface area contributed by atoms with E-state index in [1.54, 1.807) is 5.32 Å². The maximum absolute atomic E-state index is 15.4. The molecule has 0 spiro atoms. The molecule has 0 saturated carbocycles. The van der Waals surface area contributed by atoms with E-state index in [2.05, 4.69) is 5.32 Å². The Balaban J connectivity index is 1.51. The van der Waals surface area contributed by atoms with Crippen molar-refractivity contribution in [1.82, 2.24) is 10.6 Å². The van der Waals surface area contributed by atoms with Crippen LogP contribution in [0.25, 0.3) is 0 Å². The van der Waals surface area contributed by atoms with Crippen LogP contribution in [0.15, 0.2) is 60.7 Å². The van der Waals surface area contributed by atoms with E-state index in [9.17, 15) is 40.7 Å². The average Bonchev–Trinajstić information content (AvgIpc) is 3.08. The molecule has 0 aromatic heterocycles. The second-order valence-electron chi connectivity index (χ2n) is 11.3. The molecule has 50 heavy (non-hydrogen) atoms. The molecule has 4 N–H and O–H groups in total. The number of methoxy groups -OCH3 is 1. The summed E-state index contributed by atoms with van der Waals surface area (Å²) < 4.78 is 109. The molecule has 17 heteroatoms. The number of alkyl halides is 3. The predicted octanol–water partition coefficient (Wildman–Crippen LogP) is 5.08. The Morgan fingerprint density at radius 1 is 1.00 bits per heavy atom. The topological polar surface area (TPSA) is 132 Å². The highest BCUT2D eigenvalue weighted by Crippen LogP contribution is 2.33. The fourth-order valence-corrected chi connectivity index (χ4v) is 5.34. The Labute approximate surface area is 281 Å². The van der Waals surface area contributed by atoms with Crippen LogP contribution in [0, 0.1) is 23.3 Å². The summed E-state index contributed by atoms with van der Waals surface area (Å²) in [6, 6.07) is 9.02. The van der Waals surface area contributed by atoms with Crippen molar-refractivity contribution in [3.8, 4) is 0 Å². The summed E-state index contributed by atoms with van der Waals surface area (Å²) in [7, 11) is 0.988. The standard InChI is InChI=1S/C33H33F7N4O6/c1-48-32(47)44(30(45)29(41)28(18-5-8-20(34)9-6-18)19-7-12-25(36)26(37)13-19)27-4-2-3-24(35)23(27)11-10-22-14-42-21(15-49-22)16-50-31(46)43-17-33(38,39)40/h2-9,12-13,21-22,28-29,42H,10-11,14-17,41H2,1H3,(H,43,46)/t21-,22+,28+,29-/m0/s1. The molecule has 4 rings (SSSR count). The summed E-state index contributed by atoms with van der Waals surface area (Å²) in [4.78, 5) is 39.2. The number of nitrogens with two attached hydrogens (primary N) is 1. The molecule has 0 aliphatic carbocycles. The van der Waals surface area contributed by atoms with E-state index in [4.69, 9.17) is 19.9 Å². The van der Waals surface area contributed by atoms with Crippen molar-refractivity contribution >= 4 is 23.8 Å². The number of halogens is 7. The Morgan fingerprint density at radius 3 is 2.32 bits per heavy atom. The van der Waals surface area contributed by atoms with Crippen molar-refractivity contribution in [2.45, 2.75) is 43.1 Å². The van der Waals surface area contributed by atoms with Crippen LogP contribution in [0.4, 0.5) is 46.0 Å². The van der Waals surface area contributed by atoms with Gasteiger partial charge < -0.3 is 30.6 Å². The first-order valence-corrected chi connectivity index (χ1v) is 15.2. The van der Waals surface area contributed by atoms with Crippen LogP contribution < -0.4 is 21.3 Å². The lowest BCUT2D eigenvalue weighted by Crippen LogP contribution is -2.50. The number of carbonyl (C=O) groups excluding carboxylic acids is 3. The number of imide groups is 1. The number of nitrogens with one attached hydrogen (secondary N) is 2. The fraction of sp³-hybridized carbons (Fsp3) is 0.364. The minimum absolute atomic E-state index is 0.00226. The number of rotatable bonds is 11. The van der Waals surface area contributed by atoms with E-state index < -0.39 is 78.2 Å². The number of ether oxygens (including phenoxy) is 3. The van der Waals surface area contributed by atoms with Gasteiger partial charge in [-0.25, -0.2) is 32.1 Å². The molecule has 1 aliphatic rings. The zero-order valence-corrected chi connectivity index (χ0v) is 26.4. The molecule has 1 saturated heterocycles. The van der Waals surface area contributed by atoms with E-state index in [0.29, 0.717) is 4.90 Å². The lowest BCUT2D eigenvalue weighted by molar-refractivity contribution is -0.124. The third kappa shape index (κ3) is 9.92. The highest BCUT2D eigenvalue weighted by Gasteiger charge is 2.37. The number of carbonyl (C=O) groups is 3. The molecule has 3 amide bonds. The second kappa shape index (κ2) is 16.8. The monoisotopic (exact) mass is 714 g/mol. The number of alkyl carbamates (subject to hydrolysis) is 1. The van der Waals surface area contributed by atoms with Crippen LogP contribution in [0.2, 0.25) is 0 Å². The largest absolute Gasteiger partial charge is 0.452 e. The average molecular weight is 715 g/mol. The lowest BCUT2D eigenvalue weighted by atomic mass is 9.84. The van der Waals surface area contributed by atoms with Crippen molar-refractivity contribution in [3.05, 3.63) is 101 Å². The summed E-state index contributed by atoms with van der Waals surface area (Å²) in [6.45, 7) is -1.65. The zero-order valence-electron chi connectivity index (χ0n) is 26.4. The first kappa shape index (κ1) is 38.1. The highest BCUT2D eigenvalue weighted by molar-refractivity contribution is 6.15. The minimum Gasteiger partial charge on any atom is -0.452 e. The summed E-state index contributed by atoms with van der Waals surface area (Å²) in [5.74, 6) is -6.13. The first-order chi connectivity index (χ1) is 23.7. The molecule has 1 heterocycles. The van der Waals surface area contributed by atoms with E-state index in [1.807, 2.05) is 0 Å². The van der Waals surface area contributed by atoms with Gasteiger partial charge in [-0.15, -0.1) is 0 Å². The third-order valence-corrected chi connectivity index (χ3v) is 7.82. The molecule has 3 aromatic carbocycles. The predicted molar refractivity (Wildman–Crippen MR) is 164 cm³/mol. The molecular weight excluding hydrogens is 681 g/mol. The van der Waals surface area contributed by atoms with Crippen molar-refractivity contribution < 1.29 is 59.3 Å². The molecule has 10 nitrogen and oxygen atoms in total. The van der Waals surface area contributed by atoms with Gasteiger partial charge in [0.1, 0.15) is 24.8 Å². The van der Waals surface area contributed by atoms with Crippen molar-refractivity contribution in [2.75, 3.05) is 38.3 Å². The molecule has 1 fully saturated rings. The molecule has 1 aliphatic heterocycles. The summed E-state index contributed by atoms with van der Waals surface area (Å²) in [5.41, 5.74) is 6.41. The highest BCUT2D eigenvalue weighted by atomic mass is 19.4. The van der Waals surface area contributed by atoms with Crippen molar-refractivity contribution in [1.29, 1.82) is 0 Å².